The van der Waals surface area contributed by atoms with Crippen molar-refractivity contribution in [2.75, 3.05) is 13.2 Å². The molecule has 0 bridgehead atoms. The summed E-state index contributed by atoms with van der Waals surface area (Å²) in [6.07, 6.45) is 3.84. The Morgan fingerprint density at radius 3 is 2.55 bits per heavy atom. The second-order valence-corrected chi connectivity index (χ2v) is 4.16. The number of aromatic nitrogens is 2. The number of amides is 1. The molecule has 0 spiro atoms. The van der Waals surface area contributed by atoms with Crippen LogP contribution >= 0.6 is 0 Å². The lowest BCUT2D eigenvalue weighted by molar-refractivity contribution is 0.0946. The van der Waals surface area contributed by atoms with Crippen LogP contribution in [0.15, 0.2) is 42.7 Å². The van der Waals surface area contributed by atoms with E-state index in [1.54, 1.807) is 12.4 Å². The second-order valence-electron chi connectivity index (χ2n) is 4.16. The van der Waals surface area contributed by atoms with Gasteiger partial charge in [-0.1, -0.05) is 25.1 Å². The number of aryl methyl sites for hydroxylation is 1. The molecule has 1 amide bonds. The van der Waals surface area contributed by atoms with Gasteiger partial charge in [-0.15, -0.1) is 0 Å². The minimum Gasteiger partial charge on any atom is -0.492 e. The number of nitrogens with zero attached hydrogens (tertiary/aromatic N) is 2. The van der Waals surface area contributed by atoms with E-state index in [0.717, 1.165) is 18.0 Å². The van der Waals surface area contributed by atoms with Gasteiger partial charge in [0.15, 0.2) is 0 Å². The average Bonchev–Trinajstić information content (AvgIpc) is 2.52. The number of carbonyl (C=O) groups is 1. The second kappa shape index (κ2) is 7.23. The first-order chi connectivity index (χ1) is 9.79. The molecule has 1 aromatic carbocycles. The molecule has 2 rings (SSSR count). The molecule has 104 valence electrons. The Labute approximate surface area is 118 Å². The highest BCUT2D eigenvalue weighted by Gasteiger charge is 2.06. The fourth-order valence-corrected chi connectivity index (χ4v) is 1.61. The molecular weight excluding hydrogens is 254 g/mol. The number of para-hydroxylation sites is 1. The quantitative estimate of drug-likeness (QED) is 0.814. The van der Waals surface area contributed by atoms with E-state index in [2.05, 4.69) is 15.3 Å². The van der Waals surface area contributed by atoms with Crippen LogP contribution in [0.2, 0.25) is 0 Å². The Morgan fingerprint density at radius 2 is 1.90 bits per heavy atom. The number of carbonyl (C=O) groups excluding carboxylic acids is 1. The van der Waals surface area contributed by atoms with E-state index < -0.39 is 0 Å². The standard InChI is InChI=1S/C15H17N3O2/c1-2-14-17-10-12(11-18-14)15(19)16-8-9-20-13-6-4-3-5-7-13/h3-7,10-11H,2,8-9H2,1H3,(H,16,19). The number of hydrogen-bond acceptors (Lipinski definition) is 4. The van der Waals surface area contributed by atoms with Crippen molar-refractivity contribution in [3.8, 4) is 5.75 Å². The summed E-state index contributed by atoms with van der Waals surface area (Å²) in [6.45, 7) is 2.82. The maximum Gasteiger partial charge on any atom is 0.254 e. The average molecular weight is 271 g/mol. The van der Waals surface area contributed by atoms with Crippen LogP contribution in [0.25, 0.3) is 0 Å². The molecule has 0 atom stereocenters. The predicted molar refractivity (Wildman–Crippen MR) is 75.7 cm³/mol. The van der Waals surface area contributed by atoms with Gasteiger partial charge in [-0.25, -0.2) is 9.97 Å². The molecule has 0 fully saturated rings. The van der Waals surface area contributed by atoms with Gasteiger partial charge in [0.1, 0.15) is 18.2 Å². The Kier molecular flexibility index (Phi) is 5.06. The predicted octanol–water partition coefficient (Wildman–Crippen LogP) is 1.85. The SMILES string of the molecule is CCc1ncc(C(=O)NCCOc2ccccc2)cn1. The van der Waals surface area contributed by atoms with Crippen molar-refractivity contribution in [3.63, 3.8) is 0 Å². The van der Waals surface area contributed by atoms with E-state index in [1.807, 2.05) is 37.3 Å². The normalized spacial score (nSPS) is 10.1. The minimum atomic E-state index is -0.190. The molecule has 1 heterocycles. The van der Waals surface area contributed by atoms with E-state index >= 15 is 0 Å². The van der Waals surface area contributed by atoms with Gasteiger partial charge in [0.2, 0.25) is 0 Å². The summed E-state index contributed by atoms with van der Waals surface area (Å²) in [5.41, 5.74) is 0.460. The topological polar surface area (TPSA) is 64.1 Å². The van der Waals surface area contributed by atoms with Gasteiger partial charge in [0.05, 0.1) is 12.1 Å². The Hall–Kier alpha value is -2.43. The number of benzene rings is 1. The van der Waals surface area contributed by atoms with Gasteiger partial charge in [0, 0.05) is 18.8 Å². The van der Waals surface area contributed by atoms with E-state index in [-0.39, 0.29) is 5.91 Å². The lowest BCUT2D eigenvalue weighted by Gasteiger charge is -2.07. The van der Waals surface area contributed by atoms with Crippen molar-refractivity contribution in [2.45, 2.75) is 13.3 Å². The zero-order valence-corrected chi connectivity index (χ0v) is 11.4. The van der Waals surface area contributed by atoms with Gasteiger partial charge in [-0.2, -0.15) is 0 Å². The number of rotatable bonds is 6. The number of nitrogens with one attached hydrogen (secondary N) is 1. The van der Waals surface area contributed by atoms with Crippen LogP contribution in [-0.2, 0) is 6.42 Å². The molecule has 20 heavy (non-hydrogen) atoms. The Bertz CT molecular complexity index is 541. The van der Waals surface area contributed by atoms with Crippen molar-refractivity contribution < 1.29 is 9.53 Å². The third-order valence-corrected chi connectivity index (χ3v) is 2.68. The highest BCUT2D eigenvalue weighted by molar-refractivity contribution is 5.93. The van der Waals surface area contributed by atoms with Crippen molar-refractivity contribution in [3.05, 3.63) is 54.1 Å². The third kappa shape index (κ3) is 4.05. The lowest BCUT2D eigenvalue weighted by atomic mass is 10.3. The maximum absolute atomic E-state index is 11.8. The summed E-state index contributed by atoms with van der Waals surface area (Å²) < 4.78 is 5.48. The zero-order chi connectivity index (χ0) is 14.2. The highest BCUT2D eigenvalue weighted by Crippen LogP contribution is 2.07. The van der Waals surface area contributed by atoms with Crippen molar-refractivity contribution >= 4 is 5.91 Å². The first kappa shape index (κ1) is 14.0. The smallest absolute Gasteiger partial charge is 0.254 e. The van der Waals surface area contributed by atoms with E-state index in [4.69, 9.17) is 4.74 Å². The molecule has 2 aromatic rings. The molecule has 1 aromatic heterocycles. The van der Waals surface area contributed by atoms with Gasteiger partial charge in [-0.05, 0) is 12.1 Å². The summed E-state index contributed by atoms with van der Waals surface area (Å²) in [5, 5.41) is 2.76. The summed E-state index contributed by atoms with van der Waals surface area (Å²) in [4.78, 5) is 20.0. The molecule has 5 heteroatoms. The highest BCUT2D eigenvalue weighted by atomic mass is 16.5. The molecule has 0 radical (unpaired) electrons. The van der Waals surface area contributed by atoms with E-state index in [9.17, 15) is 4.79 Å². The van der Waals surface area contributed by atoms with E-state index in [0.29, 0.717) is 18.7 Å². The van der Waals surface area contributed by atoms with Crippen LogP contribution in [-0.4, -0.2) is 29.0 Å². The fourth-order valence-electron chi connectivity index (χ4n) is 1.61. The van der Waals surface area contributed by atoms with Gasteiger partial charge < -0.3 is 10.1 Å². The van der Waals surface area contributed by atoms with Gasteiger partial charge >= 0.3 is 0 Å². The van der Waals surface area contributed by atoms with Gasteiger partial charge in [-0.3, -0.25) is 4.79 Å². The first-order valence-electron chi connectivity index (χ1n) is 6.56. The monoisotopic (exact) mass is 271 g/mol. The van der Waals surface area contributed by atoms with Gasteiger partial charge in [0.25, 0.3) is 5.91 Å². The third-order valence-electron chi connectivity index (χ3n) is 2.68. The molecule has 0 aliphatic rings. The minimum absolute atomic E-state index is 0.190. The molecule has 0 saturated heterocycles. The molecule has 5 nitrogen and oxygen atoms in total. The fraction of sp³-hybridized carbons (Fsp3) is 0.267. The Morgan fingerprint density at radius 1 is 1.20 bits per heavy atom. The van der Waals surface area contributed by atoms with Crippen LogP contribution < -0.4 is 10.1 Å². The number of ether oxygens (including phenoxy) is 1. The summed E-state index contributed by atoms with van der Waals surface area (Å²) in [7, 11) is 0. The van der Waals surface area contributed by atoms with Crippen LogP contribution in [0.4, 0.5) is 0 Å². The molecule has 0 unspecified atom stereocenters. The van der Waals surface area contributed by atoms with Crippen molar-refractivity contribution in [1.82, 2.24) is 15.3 Å². The first-order valence-corrected chi connectivity index (χ1v) is 6.56. The van der Waals surface area contributed by atoms with Crippen LogP contribution in [0.3, 0.4) is 0 Å². The lowest BCUT2D eigenvalue weighted by Crippen LogP contribution is -2.28. The maximum atomic E-state index is 11.8. The Balaban J connectivity index is 1.74. The molecule has 0 saturated carbocycles. The van der Waals surface area contributed by atoms with Crippen molar-refractivity contribution in [1.29, 1.82) is 0 Å². The molecule has 0 aliphatic heterocycles. The molecular formula is C15H17N3O2. The summed E-state index contributed by atoms with van der Waals surface area (Å²) in [5.74, 6) is 1.33. The molecule has 1 N–H and O–H groups in total. The molecule has 0 aliphatic carbocycles. The van der Waals surface area contributed by atoms with Crippen LogP contribution in [0.5, 0.6) is 5.75 Å². The van der Waals surface area contributed by atoms with E-state index in [1.165, 1.54) is 0 Å². The largest absolute Gasteiger partial charge is 0.492 e. The van der Waals surface area contributed by atoms with Crippen LogP contribution in [0, 0.1) is 0 Å². The zero-order valence-electron chi connectivity index (χ0n) is 11.4. The number of hydrogen-bond donors (Lipinski definition) is 1. The summed E-state index contributed by atoms with van der Waals surface area (Å²) >= 11 is 0. The van der Waals surface area contributed by atoms with Crippen LogP contribution in [0.1, 0.15) is 23.1 Å². The van der Waals surface area contributed by atoms with Crippen molar-refractivity contribution in [2.24, 2.45) is 0 Å². The summed E-state index contributed by atoms with van der Waals surface area (Å²) in [6, 6.07) is 9.48.